The van der Waals surface area contributed by atoms with Gasteiger partial charge in [0.2, 0.25) is 5.95 Å². The van der Waals surface area contributed by atoms with Gasteiger partial charge in [-0.3, -0.25) is 9.69 Å². The quantitative estimate of drug-likeness (QED) is 0.666. The first-order valence-corrected chi connectivity index (χ1v) is 9.34. The summed E-state index contributed by atoms with van der Waals surface area (Å²) < 4.78 is 10.7. The molecular formula is C20H16Cl2N4O3. The maximum atomic E-state index is 13.1. The third kappa shape index (κ3) is 3.32. The fraction of sp³-hybridized carbons (Fsp3) is 0.150. The number of carbonyl (C=O) groups is 1. The number of aromatic nitrogens is 2. The average molecular weight is 431 g/mol. The van der Waals surface area contributed by atoms with E-state index in [4.69, 9.17) is 38.4 Å². The summed E-state index contributed by atoms with van der Waals surface area (Å²) in [7, 11) is 3.09. The number of hydrogen-bond donors (Lipinski definition) is 1. The summed E-state index contributed by atoms with van der Waals surface area (Å²) in [6.45, 7) is 0.241. The van der Waals surface area contributed by atoms with Gasteiger partial charge in [-0.25, -0.2) is 9.97 Å². The minimum absolute atomic E-state index is 0.0123. The molecule has 1 aliphatic heterocycles. The number of nitrogen functional groups attached to an aromatic ring is 1. The Bertz CT molecular complexity index is 1140. The fourth-order valence-corrected chi connectivity index (χ4v) is 3.79. The van der Waals surface area contributed by atoms with E-state index in [1.165, 1.54) is 7.11 Å². The Morgan fingerprint density at radius 3 is 2.48 bits per heavy atom. The van der Waals surface area contributed by atoms with E-state index in [0.29, 0.717) is 44.1 Å². The van der Waals surface area contributed by atoms with Crippen LogP contribution < -0.4 is 20.1 Å². The molecule has 1 amide bonds. The Hall–Kier alpha value is -3.03. The second kappa shape index (κ2) is 7.42. The van der Waals surface area contributed by atoms with Crippen molar-refractivity contribution in [2.75, 3.05) is 24.9 Å². The van der Waals surface area contributed by atoms with E-state index in [-0.39, 0.29) is 24.1 Å². The van der Waals surface area contributed by atoms with Gasteiger partial charge >= 0.3 is 0 Å². The van der Waals surface area contributed by atoms with E-state index < -0.39 is 0 Å². The largest absolute Gasteiger partial charge is 0.497 e. The highest BCUT2D eigenvalue weighted by Gasteiger charge is 2.35. The monoisotopic (exact) mass is 430 g/mol. The van der Waals surface area contributed by atoms with Gasteiger partial charge in [0.15, 0.2) is 0 Å². The van der Waals surface area contributed by atoms with Crippen LogP contribution in [0.3, 0.4) is 0 Å². The number of hydrogen-bond acceptors (Lipinski definition) is 6. The van der Waals surface area contributed by atoms with Crippen LogP contribution in [0.4, 0.5) is 11.6 Å². The van der Waals surface area contributed by atoms with Gasteiger partial charge < -0.3 is 15.2 Å². The molecule has 0 aliphatic carbocycles. The lowest BCUT2D eigenvalue weighted by Gasteiger charge is -2.19. The maximum Gasteiger partial charge on any atom is 0.277 e. The van der Waals surface area contributed by atoms with Crippen LogP contribution in [0.25, 0.3) is 11.3 Å². The summed E-state index contributed by atoms with van der Waals surface area (Å²) in [5.41, 5.74) is 8.46. The Morgan fingerprint density at radius 2 is 1.79 bits per heavy atom. The van der Waals surface area contributed by atoms with Crippen molar-refractivity contribution in [3.05, 3.63) is 57.7 Å². The van der Waals surface area contributed by atoms with Crippen LogP contribution in [0.2, 0.25) is 10.0 Å². The molecule has 0 fully saturated rings. The van der Waals surface area contributed by atoms with Crippen molar-refractivity contribution >= 4 is 40.7 Å². The first-order valence-electron chi connectivity index (χ1n) is 8.58. The number of amides is 1. The molecule has 0 atom stereocenters. The summed E-state index contributed by atoms with van der Waals surface area (Å²) in [5.74, 6) is 0.801. The number of methoxy groups -OCH3 is 2. The van der Waals surface area contributed by atoms with E-state index in [1.54, 1.807) is 48.4 Å². The van der Waals surface area contributed by atoms with Crippen LogP contribution in [0.1, 0.15) is 16.1 Å². The normalized spacial score (nSPS) is 12.8. The average Bonchev–Trinajstić information content (AvgIpc) is 3.03. The van der Waals surface area contributed by atoms with Crippen molar-refractivity contribution in [2.24, 2.45) is 0 Å². The first kappa shape index (κ1) is 19.3. The zero-order chi connectivity index (χ0) is 20.7. The minimum atomic E-state index is -0.302. The molecule has 2 N–H and O–H groups in total. The second-order valence-electron chi connectivity index (χ2n) is 6.31. The van der Waals surface area contributed by atoms with Crippen LogP contribution in [-0.4, -0.2) is 30.1 Å². The number of ether oxygens (including phenoxy) is 2. The molecule has 2 heterocycles. The SMILES string of the molecule is COc1ccc(N2Cc3c(nc(N)nc3-c3ccc(Cl)cc3Cl)C2=O)c(OC)c1. The van der Waals surface area contributed by atoms with E-state index in [9.17, 15) is 4.79 Å². The van der Waals surface area contributed by atoms with Crippen molar-refractivity contribution in [1.29, 1.82) is 0 Å². The summed E-state index contributed by atoms with van der Waals surface area (Å²) in [6, 6.07) is 10.3. The lowest BCUT2D eigenvalue weighted by Crippen LogP contribution is -2.24. The van der Waals surface area contributed by atoms with Gasteiger partial charge in [-0.05, 0) is 30.3 Å². The molecule has 29 heavy (non-hydrogen) atoms. The number of nitrogens with zero attached hydrogens (tertiary/aromatic N) is 3. The van der Waals surface area contributed by atoms with Gasteiger partial charge in [0, 0.05) is 22.2 Å². The summed E-state index contributed by atoms with van der Waals surface area (Å²) in [6.07, 6.45) is 0. The highest BCUT2D eigenvalue weighted by atomic mass is 35.5. The molecule has 7 nitrogen and oxygen atoms in total. The van der Waals surface area contributed by atoms with Crippen molar-refractivity contribution in [2.45, 2.75) is 6.54 Å². The Kier molecular flexibility index (Phi) is 4.94. The van der Waals surface area contributed by atoms with Crippen LogP contribution in [0.15, 0.2) is 36.4 Å². The smallest absolute Gasteiger partial charge is 0.277 e. The highest BCUT2D eigenvalue weighted by Crippen LogP contribution is 2.40. The van der Waals surface area contributed by atoms with E-state index in [1.807, 2.05) is 0 Å². The van der Waals surface area contributed by atoms with E-state index in [2.05, 4.69) is 9.97 Å². The van der Waals surface area contributed by atoms with Gasteiger partial charge in [0.05, 0.1) is 37.2 Å². The Balaban J connectivity index is 1.83. The number of anilines is 2. The summed E-state index contributed by atoms with van der Waals surface area (Å²) in [4.78, 5) is 23.2. The van der Waals surface area contributed by atoms with Gasteiger partial charge in [-0.1, -0.05) is 23.2 Å². The number of carbonyl (C=O) groups excluding carboxylic acids is 1. The summed E-state index contributed by atoms with van der Waals surface area (Å²) >= 11 is 12.4. The van der Waals surface area contributed by atoms with Crippen LogP contribution >= 0.6 is 23.2 Å². The lowest BCUT2D eigenvalue weighted by atomic mass is 10.1. The Morgan fingerprint density at radius 1 is 1.03 bits per heavy atom. The van der Waals surface area contributed by atoms with E-state index >= 15 is 0 Å². The maximum absolute atomic E-state index is 13.1. The van der Waals surface area contributed by atoms with Crippen LogP contribution in [-0.2, 0) is 6.54 Å². The van der Waals surface area contributed by atoms with Gasteiger partial charge in [0.1, 0.15) is 17.2 Å². The molecule has 0 unspecified atom stereocenters. The number of fused-ring (bicyclic) bond motifs is 1. The molecular weight excluding hydrogens is 415 g/mol. The van der Waals surface area contributed by atoms with Crippen molar-refractivity contribution in [3.8, 4) is 22.8 Å². The van der Waals surface area contributed by atoms with Gasteiger partial charge in [-0.2, -0.15) is 0 Å². The molecule has 0 radical (unpaired) electrons. The zero-order valence-corrected chi connectivity index (χ0v) is 17.1. The fourth-order valence-electron chi connectivity index (χ4n) is 3.29. The van der Waals surface area contributed by atoms with Crippen molar-refractivity contribution < 1.29 is 14.3 Å². The molecule has 148 valence electrons. The predicted molar refractivity (Wildman–Crippen MR) is 112 cm³/mol. The molecule has 1 aliphatic rings. The molecule has 3 aromatic rings. The second-order valence-corrected chi connectivity index (χ2v) is 7.15. The summed E-state index contributed by atoms with van der Waals surface area (Å²) in [5, 5.41) is 0.906. The third-order valence-electron chi connectivity index (χ3n) is 4.65. The number of rotatable bonds is 4. The molecule has 2 aromatic carbocycles. The molecule has 1 aromatic heterocycles. The van der Waals surface area contributed by atoms with Gasteiger partial charge in [-0.15, -0.1) is 0 Å². The van der Waals surface area contributed by atoms with E-state index in [0.717, 1.165) is 0 Å². The van der Waals surface area contributed by atoms with Gasteiger partial charge in [0.25, 0.3) is 5.91 Å². The molecule has 9 heteroatoms. The van der Waals surface area contributed by atoms with Crippen LogP contribution in [0.5, 0.6) is 11.5 Å². The molecule has 4 rings (SSSR count). The highest BCUT2D eigenvalue weighted by molar-refractivity contribution is 6.36. The molecule has 0 saturated carbocycles. The molecule has 0 bridgehead atoms. The molecule has 0 spiro atoms. The number of nitrogens with two attached hydrogens (primary N) is 1. The standard InChI is InChI=1S/C20H16Cl2N4O3/c1-28-11-4-6-15(16(8-11)29-2)26-9-13-17(12-5-3-10(21)7-14(12)22)24-20(23)25-18(13)19(26)27/h3-8H,9H2,1-2H3,(H2,23,24,25). The third-order valence-corrected chi connectivity index (χ3v) is 5.20. The van der Waals surface area contributed by atoms with Crippen molar-refractivity contribution in [1.82, 2.24) is 9.97 Å². The van der Waals surface area contributed by atoms with Crippen molar-refractivity contribution in [3.63, 3.8) is 0 Å². The molecule has 0 saturated heterocycles. The topological polar surface area (TPSA) is 90.6 Å². The Labute approximate surface area is 177 Å². The predicted octanol–water partition coefficient (Wildman–Crippen LogP) is 4.21. The zero-order valence-electron chi connectivity index (χ0n) is 15.6. The minimum Gasteiger partial charge on any atom is -0.497 e. The lowest BCUT2D eigenvalue weighted by molar-refractivity contribution is 0.0992. The number of halogens is 2. The first-order chi connectivity index (χ1) is 13.9. The number of benzene rings is 2. The van der Waals surface area contributed by atoms with Crippen LogP contribution in [0, 0.1) is 0 Å².